The Morgan fingerprint density at radius 2 is 1.79 bits per heavy atom. The van der Waals surface area contributed by atoms with Crippen molar-refractivity contribution >= 4 is 29.0 Å². The van der Waals surface area contributed by atoms with Gasteiger partial charge in [-0.3, -0.25) is 14.4 Å². The zero-order valence-electron chi connectivity index (χ0n) is 15.9. The Bertz CT molecular complexity index is 823. The Labute approximate surface area is 168 Å². The first-order valence-corrected chi connectivity index (χ1v) is 10.1. The fourth-order valence-corrected chi connectivity index (χ4v) is 3.88. The highest BCUT2D eigenvalue weighted by molar-refractivity contribution is 7.12. The van der Waals surface area contributed by atoms with Crippen LogP contribution in [0.5, 0.6) is 5.75 Å². The fourth-order valence-electron chi connectivity index (χ4n) is 3.19. The zero-order chi connectivity index (χ0) is 20.1. The molecule has 0 unspecified atom stereocenters. The Morgan fingerprint density at radius 1 is 1.11 bits per heavy atom. The van der Waals surface area contributed by atoms with Gasteiger partial charge in [0.25, 0.3) is 5.91 Å². The summed E-state index contributed by atoms with van der Waals surface area (Å²) in [5.74, 6) is -0.257. The van der Waals surface area contributed by atoms with Gasteiger partial charge in [0.05, 0.1) is 17.9 Å². The van der Waals surface area contributed by atoms with Crippen molar-refractivity contribution < 1.29 is 23.9 Å². The summed E-state index contributed by atoms with van der Waals surface area (Å²) in [4.78, 5) is 39.8. The van der Waals surface area contributed by atoms with Crippen molar-refractivity contribution in [2.75, 3.05) is 20.2 Å². The van der Waals surface area contributed by atoms with E-state index >= 15 is 0 Å². The SMILES string of the molecule is COc1ccc(C(=O)[C@H](C)OC(=O)C2CCN(C(=O)c3cccs3)CC2)cc1. The highest BCUT2D eigenvalue weighted by atomic mass is 32.1. The number of esters is 1. The summed E-state index contributed by atoms with van der Waals surface area (Å²) in [7, 11) is 1.56. The van der Waals surface area contributed by atoms with E-state index in [0.29, 0.717) is 42.1 Å². The molecule has 0 saturated carbocycles. The van der Waals surface area contributed by atoms with Crippen molar-refractivity contribution in [3.8, 4) is 5.75 Å². The predicted molar refractivity (Wildman–Crippen MR) is 106 cm³/mol. The number of carbonyl (C=O) groups excluding carboxylic acids is 3. The largest absolute Gasteiger partial charge is 0.497 e. The number of rotatable bonds is 6. The molecule has 7 heteroatoms. The first-order chi connectivity index (χ1) is 13.5. The van der Waals surface area contributed by atoms with Crippen LogP contribution in [0.3, 0.4) is 0 Å². The van der Waals surface area contributed by atoms with Crippen LogP contribution in [-0.2, 0) is 9.53 Å². The molecule has 0 aliphatic carbocycles. The monoisotopic (exact) mass is 401 g/mol. The van der Waals surface area contributed by atoms with Crippen molar-refractivity contribution in [3.05, 3.63) is 52.2 Å². The minimum Gasteiger partial charge on any atom is -0.497 e. The normalized spacial score (nSPS) is 15.7. The number of carbonyl (C=O) groups is 3. The van der Waals surface area contributed by atoms with Gasteiger partial charge in [-0.1, -0.05) is 6.07 Å². The number of ether oxygens (including phenoxy) is 2. The average molecular weight is 401 g/mol. The lowest BCUT2D eigenvalue weighted by molar-refractivity contribution is -0.152. The number of ketones is 1. The summed E-state index contributed by atoms with van der Waals surface area (Å²) >= 11 is 1.42. The Balaban J connectivity index is 1.50. The van der Waals surface area contributed by atoms with E-state index in [-0.39, 0.29) is 23.6 Å². The molecule has 1 aliphatic rings. The van der Waals surface area contributed by atoms with E-state index in [4.69, 9.17) is 9.47 Å². The molecule has 2 aromatic rings. The van der Waals surface area contributed by atoms with Crippen LogP contribution in [0.2, 0.25) is 0 Å². The number of hydrogen-bond donors (Lipinski definition) is 0. The smallest absolute Gasteiger partial charge is 0.309 e. The fraction of sp³-hybridized carbons (Fsp3) is 0.381. The molecule has 6 nitrogen and oxygen atoms in total. The van der Waals surface area contributed by atoms with Crippen LogP contribution in [-0.4, -0.2) is 48.9 Å². The Hall–Kier alpha value is -2.67. The summed E-state index contributed by atoms with van der Waals surface area (Å²) in [6.07, 6.45) is 0.227. The molecule has 2 heterocycles. The van der Waals surface area contributed by atoms with Gasteiger partial charge in [0.15, 0.2) is 6.10 Å². The molecule has 1 saturated heterocycles. The molecule has 0 N–H and O–H groups in total. The molecule has 148 valence electrons. The maximum absolute atomic E-state index is 12.5. The second kappa shape index (κ2) is 9.01. The average Bonchev–Trinajstić information content (AvgIpc) is 3.27. The van der Waals surface area contributed by atoms with Crippen molar-refractivity contribution in [1.29, 1.82) is 0 Å². The number of likely N-dealkylation sites (tertiary alicyclic amines) is 1. The lowest BCUT2D eigenvalue weighted by atomic mass is 9.96. The number of thiophene rings is 1. The summed E-state index contributed by atoms with van der Waals surface area (Å²) in [6, 6.07) is 10.4. The van der Waals surface area contributed by atoms with E-state index in [1.54, 1.807) is 49.3 Å². The third-order valence-electron chi connectivity index (χ3n) is 4.88. The van der Waals surface area contributed by atoms with Crippen LogP contribution in [0.25, 0.3) is 0 Å². The first kappa shape index (κ1) is 20.1. The zero-order valence-corrected chi connectivity index (χ0v) is 16.7. The number of benzene rings is 1. The lowest BCUT2D eigenvalue weighted by Crippen LogP contribution is -2.41. The third-order valence-corrected chi connectivity index (χ3v) is 5.74. The molecule has 0 radical (unpaired) electrons. The number of amides is 1. The van der Waals surface area contributed by atoms with E-state index in [0.717, 1.165) is 0 Å². The topological polar surface area (TPSA) is 72.9 Å². The minimum atomic E-state index is -0.855. The molecular formula is C21H23NO5S. The van der Waals surface area contributed by atoms with E-state index in [1.807, 2.05) is 11.4 Å². The van der Waals surface area contributed by atoms with Crippen LogP contribution in [0.4, 0.5) is 0 Å². The van der Waals surface area contributed by atoms with Gasteiger partial charge in [-0.25, -0.2) is 0 Å². The van der Waals surface area contributed by atoms with Gasteiger partial charge in [0.2, 0.25) is 5.78 Å². The van der Waals surface area contributed by atoms with E-state index in [2.05, 4.69) is 0 Å². The molecule has 1 aromatic carbocycles. The number of piperidine rings is 1. The molecule has 1 atom stereocenters. The van der Waals surface area contributed by atoms with Crippen LogP contribution in [0.1, 0.15) is 39.8 Å². The molecule has 28 heavy (non-hydrogen) atoms. The summed E-state index contributed by atoms with van der Waals surface area (Å²) in [6.45, 7) is 2.61. The summed E-state index contributed by atoms with van der Waals surface area (Å²) in [5, 5.41) is 1.87. The van der Waals surface area contributed by atoms with E-state index < -0.39 is 6.10 Å². The summed E-state index contributed by atoms with van der Waals surface area (Å²) in [5.41, 5.74) is 0.470. The van der Waals surface area contributed by atoms with Crippen molar-refractivity contribution in [2.24, 2.45) is 5.92 Å². The van der Waals surface area contributed by atoms with E-state index in [9.17, 15) is 14.4 Å². The van der Waals surface area contributed by atoms with Gasteiger partial charge in [0.1, 0.15) is 5.75 Å². The van der Waals surface area contributed by atoms with Gasteiger partial charge in [0, 0.05) is 18.7 Å². The van der Waals surface area contributed by atoms with E-state index in [1.165, 1.54) is 11.3 Å². The van der Waals surface area contributed by atoms with Crippen molar-refractivity contribution in [3.63, 3.8) is 0 Å². The molecule has 1 aliphatic heterocycles. The Morgan fingerprint density at radius 3 is 2.36 bits per heavy atom. The minimum absolute atomic E-state index is 0.00451. The second-order valence-corrected chi connectivity index (χ2v) is 7.66. The standard InChI is InChI=1S/C21H23NO5S/c1-14(19(23)15-5-7-17(26-2)8-6-15)27-21(25)16-9-11-22(12-10-16)20(24)18-4-3-13-28-18/h3-8,13-14,16H,9-12H2,1-2H3/t14-/m0/s1. The molecule has 1 aromatic heterocycles. The van der Waals surface area contributed by atoms with Crippen LogP contribution in [0.15, 0.2) is 41.8 Å². The van der Waals surface area contributed by atoms with Gasteiger partial charge in [-0.05, 0) is 55.5 Å². The Kier molecular flexibility index (Phi) is 6.46. The van der Waals surface area contributed by atoms with Crippen LogP contribution < -0.4 is 4.74 Å². The molecule has 1 fully saturated rings. The second-order valence-electron chi connectivity index (χ2n) is 6.72. The highest BCUT2D eigenvalue weighted by Crippen LogP contribution is 2.23. The van der Waals surface area contributed by atoms with Crippen LogP contribution >= 0.6 is 11.3 Å². The van der Waals surface area contributed by atoms with Gasteiger partial charge < -0.3 is 14.4 Å². The molecule has 0 spiro atoms. The molecular weight excluding hydrogens is 378 g/mol. The number of methoxy groups -OCH3 is 1. The quantitative estimate of drug-likeness (QED) is 0.548. The van der Waals surface area contributed by atoms with Crippen molar-refractivity contribution in [2.45, 2.75) is 25.9 Å². The molecule has 3 rings (SSSR count). The number of nitrogens with zero attached hydrogens (tertiary/aromatic N) is 1. The van der Waals surface area contributed by atoms with Crippen LogP contribution in [0, 0.1) is 5.92 Å². The first-order valence-electron chi connectivity index (χ1n) is 9.21. The lowest BCUT2D eigenvalue weighted by Gasteiger charge is -2.31. The van der Waals surface area contributed by atoms with Gasteiger partial charge >= 0.3 is 5.97 Å². The summed E-state index contributed by atoms with van der Waals surface area (Å²) < 4.78 is 10.5. The maximum Gasteiger partial charge on any atom is 0.309 e. The molecule has 1 amide bonds. The number of Topliss-reactive ketones (excluding diaryl/α,β-unsaturated/α-hetero) is 1. The van der Waals surface area contributed by atoms with Gasteiger partial charge in [-0.2, -0.15) is 0 Å². The third kappa shape index (κ3) is 4.59. The predicted octanol–water partition coefficient (Wildman–Crippen LogP) is 3.42. The highest BCUT2D eigenvalue weighted by Gasteiger charge is 2.31. The molecule has 0 bridgehead atoms. The van der Waals surface area contributed by atoms with Gasteiger partial charge in [-0.15, -0.1) is 11.3 Å². The number of hydrogen-bond acceptors (Lipinski definition) is 6. The van der Waals surface area contributed by atoms with Crippen molar-refractivity contribution in [1.82, 2.24) is 4.90 Å². The maximum atomic E-state index is 12.5.